The second-order valence-corrected chi connectivity index (χ2v) is 4.09. The van der Waals surface area contributed by atoms with Crippen molar-refractivity contribution in [2.75, 3.05) is 0 Å². The first-order chi connectivity index (χ1) is 8.86. The third-order valence-corrected chi connectivity index (χ3v) is 2.94. The third kappa shape index (κ3) is 1.82. The number of aromatic nitrogens is 1. The topological polar surface area (TPSA) is 4.93 Å². The van der Waals surface area contributed by atoms with E-state index in [4.69, 9.17) is 0 Å². The highest BCUT2D eigenvalue weighted by Gasteiger charge is 2.10. The van der Waals surface area contributed by atoms with Crippen LogP contribution in [-0.4, -0.2) is 4.57 Å². The Kier molecular flexibility index (Phi) is 2.69. The van der Waals surface area contributed by atoms with Gasteiger partial charge in [0.25, 0.3) is 0 Å². The van der Waals surface area contributed by atoms with Crippen LogP contribution in [0.25, 0.3) is 16.8 Å². The zero-order chi connectivity index (χ0) is 12.4. The van der Waals surface area contributed by atoms with E-state index < -0.39 is 0 Å². The zero-order valence-corrected chi connectivity index (χ0v) is 9.75. The van der Waals surface area contributed by atoms with E-state index in [1.54, 1.807) is 16.8 Å². The normalized spacial score (nSPS) is 10.5. The Morgan fingerprint density at radius 1 is 0.722 bits per heavy atom. The van der Waals surface area contributed by atoms with Gasteiger partial charge in [-0.3, -0.25) is 4.57 Å². The molecule has 0 fully saturated rings. The van der Waals surface area contributed by atoms with Gasteiger partial charge in [-0.1, -0.05) is 48.5 Å². The molecule has 1 nitrogen and oxygen atoms in total. The molecule has 0 saturated carbocycles. The first-order valence-electron chi connectivity index (χ1n) is 5.84. The van der Waals surface area contributed by atoms with Crippen LogP contribution in [-0.2, 0) is 0 Å². The Balaban J connectivity index is 2.09. The fraction of sp³-hybridized carbons (Fsp3) is 0. The second kappa shape index (κ2) is 4.49. The second-order valence-electron chi connectivity index (χ2n) is 4.09. The Labute approximate surface area is 105 Å². The summed E-state index contributed by atoms with van der Waals surface area (Å²) in [6, 6.07) is 20.9. The molecule has 0 N–H and O–H groups in total. The van der Waals surface area contributed by atoms with Gasteiger partial charge in [-0.2, -0.15) is 4.39 Å². The highest BCUT2D eigenvalue weighted by Crippen LogP contribution is 2.25. The van der Waals surface area contributed by atoms with E-state index in [0.29, 0.717) is 5.56 Å². The van der Waals surface area contributed by atoms with Crippen LogP contribution >= 0.6 is 0 Å². The molecule has 1 aromatic heterocycles. The van der Waals surface area contributed by atoms with Gasteiger partial charge in [0.1, 0.15) is 0 Å². The Morgan fingerprint density at radius 3 is 2.00 bits per heavy atom. The minimum atomic E-state index is -0.229. The van der Waals surface area contributed by atoms with E-state index in [1.165, 1.54) is 0 Å². The summed E-state index contributed by atoms with van der Waals surface area (Å²) < 4.78 is 15.9. The lowest BCUT2D eigenvalue weighted by Gasteiger charge is -2.04. The molecule has 3 aromatic rings. The van der Waals surface area contributed by atoms with Gasteiger partial charge in [-0.05, 0) is 23.8 Å². The molecule has 2 aromatic carbocycles. The van der Waals surface area contributed by atoms with E-state index in [0.717, 1.165) is 11.3 Å². The van der Waals surface area contributed by atoms with E-state index >= 15 is 0 Å². The molecule has 0 unspecified atom stereocenters. The van der Waals surface area contributed by atoms with Gasteiger partial charge in [-0.15, -0.1) is 0 Å². The SMILES string of the molecule is Fc1c(-c2ccccc2)ccn1-c1ccccc1. The summed E-state index contributed by atoms with van der Waals surface area (Å²) in [4.78, 5) is 0. The van der Waals surface area contributed by atoms with Crippen molar-refractivity contribution in [3.05, 3.63) is 78.9 Å². The average Bonchev–Trinajstić information content (AvgIpc) is 2.83. The molecule has 0 atom stereocenters. The fourth-order valence-electron chi connectivity index (χ4n) is 2.03. The fourth-order valence-corrected chi connectivity index (χ4v) is 2.03. The number of para-hydroxylation sites is 1. The van der Waals surface area contributed by atoms with Gasteiger partial charge < -0.3 is 0 Å². The molecule has 88 valence electrons. The van der Waals surface area contributed by atoms with Crippen molar-refractivity contribution in [3.8, 4) is 16.8 Å². The zero-order valence-electron chi connectivity index (χ0n) is 9.75. The van der Waals surface area contributed by atoms with Gasteiger partial charge in [0, 0.05) is 17.4 Å². The van der Waals surface area contributed by atoms with Crippen molar-refractivity contribution in [2.45, 2.75) is 0 Å². The summed E-state index contributed by atoms with van der Waals surface area (Å²) in [6.45, 7) is 0. The summed E-state index contributed by atoms with van der Waals surface area (Å²) in [7, 11) is 0. The molecule has 1 heterocycles. The largest absolute Gasteiger partial charge is 0.293 e. The van der Waals surface area contributed by atoms with Crippen molar-refractivity contribution in [3.63, 3.8) is 0 Å². The third-order valence-electron chi connectivity index (χ3n) is 2.94. The van der Waals surface area contributed by atoms with Crippen LogP contribution in [0.2, 0.25) is 0 Å². The number of benzene rings is 2. The molecule has 2 heteroatoms. The van der Waals surface area contributed by atoms with E-state index in [9.17, 15) is 4.39 Å². The van der Waals surface area contributed by atoms with Crippen molar-refractivity contribution in [1.29, 1.82) is 0 Å². The predicted octanol–water partition coefficient (Wildman–Crippen LogP) is 4.28. The van der Waals surface area contributed by atoms with Gasteiger partial charge in [0.05, 0.1) is 0 Å². The Hall–Kier alpha value is -2.35. The molecule has 3 rings (SSSR count). The maximum Gasteiger partial charge on any atom is 0.206 e. The molecule has 0 spiro atoms. The minimum absolute atomic E-state index is 0.229. The van der Waals surface area contributed by atoms with Crippen LogP contribution in [0, 0.1) is 5.95 Å². The first kappa shape index (κ1) is 10.8. The summed E-state index contributed by atoms with van der Waals surface area (Å²) in [6.07, 6.45) is 1.76. The average molecular weight is 237 g/mol. The smallest absolute Gasteiger partial charge is 0.206 e. The van der Waals surface area contributed by atoms with Crippen LogP contribution in [0.15, 0.2) is 72.9 Å². The van der Waals surface area contributed by atoms with Gasteiger partial charge in [0.15, 0.2) is 0 Å². The summed E-state index contributed by atoms with van der Waals surface area (Å²) in [5.74, 6) is -0.229. The van der Waals surface area contributed by atoms with E-state index in [2.05, 4.69) is 0 Å². The standard InChI is InChI=1S/C16H12FN/c17-16-15(13-7-3-1-4-8-13)11-12-18(16)14-9-5-2-6-10-14/h1-12H. The molecule has 0 amide bonds. The van der Waals surface area contributed by atoms with Crippen LogP contribution in [0.5, 0.6) is 0 Å². The summed E-state index contributed by atoms with van der Waals surface area (Å²) in [5, 5.41) is 0. The highest BCUT2D eigenvalue weighted by atomic mass is 19.1. The van der Waals surface area contributed by atoms with Crippen molar-refractivity contribution in [2.24, 2.45) is 0 Å². The monoisotopic (exact) mass is 237 g/mol. The highest BCUT2D eigenvalue weighted by molar-refractivity contribution is 5.64. The first-order valence-corrected chi connectivity index (χ1v) is 5.84. The van der Waals surface area contributed by atoms with Gasteiger partial charge >= 0.3 is 0 Å². The number of hydrogen-bond donors (Lipinski definition) is 0. The molecule has 0 aliphatic carbocycles. The van der Waals surface area contributed by atoms with Crippen LogP contribution < -0.4 is 0 Å². The van der Waals surface area contributed by atoms with Crippen LogP contribution in [0.1, 0.15) is 0 Å². The Morgan fingerprint density at radius 2 is 1.33 bits per heavy atom. The van der Waals surface area contributed by atoms with Crippen molar-refractivity contribution in [1.82, 2.24) is 4.57 Å². The molecule has 0 radical (unpaired) electrons. The van der Waals surface area contributed by atoms with E-state index in [-0.39, 0.29) is 5.95 Å². The van der Waals surface area contributed by atoms with Gasteiger partial charge in [0.2, 0.25) is 5.95 Å². The molecule has 0 bridgehead atoms. The lowest BCUT2D eigenvalue weighted by atomic mass is 10.1. The predicted molar refractivity (Wildman–Crippen MR) is 71.2 cm³/mol. The molecule has 0 aliphatic rings. The molecule has 0 saturated heterocycles. The molecule has 0 aliphatic heterocycles. The lowest BCUT2D eigenvalue weighted by molar-refractivity contribution is 0.563. The van der Waals surface area contributed by atoms with Crippen molar-refractivity contribution >= 4 is 0 Å². The summed E-state index contributed by atoms with van der Waals surface area (Å²) >= 11 is 0. The van der Waals surface area contributed by atoms with Gasteiger partial charge in [-0.25, -0.2) is 0 Å². The maximum absolute atomic E-state index is 14.4. The molecular weight excluding hydrogens is 225 g/mol. The molecular formula is C16H12FN. The number of rotatable bonds is 2. The quantitative estimate of drug-likeness (QED) is 0.626. The number of hydrogen-bond acceptors (Lipinski definition) is 0. The van der Waals surface area contributed by atoms with Crippen molar-refractivity contribution < 1.29 is 4.39 Å². The number of halogens is 1. The lowest BCUT2D eigenvalue weighted by Crippen LogP contribution is -1.95. The minimum Gasteiger partial charge on any atom is -0.293 e. The van der Waals surface area contributed by atoms with Crippen LogP contribution in [0.4, 0.5) is 4.39 Å². The van der Waals surface area contributed by atoms with E-state index in [1.807, 2.05) is 60.7 Å². The Bertz CT molecular complexity index is 584. The maximum atomic E-state index is 14.4. The van der Waals surface area contributed by atoms with Crippen LogP contribution in [0.3, 0.4) is 0 Å². The number of nitrogens with zero attached hydrogens (tertiary/aromatic N) is 1. The molecule has 18 heavy (non-hydrogen) atoms. The summed E-state index contributed by atoms with van der Waals surface area (Å²) in [5.41, 5.74) is 2.35.